The van der Waals surface area contributed by atoms with Gasteiger partial charge in [-0.25, -0.2) is 14.6 Å². The van der Waals surface area contributed by atoms with Crippen molar-refractivity contribution in [2.24, 2.45) is 5.73 Å². The van der Waals surface area contributed by atoms with Crippen molar-refractivity contribution < 1.29 is 14.3 Å². The Kier molecular flexibility index (Phi) is 4.07. The standard InChI is InChI=1S/C20H20N4O3/c1-11-12(2)24-10-15(19(25)27-20(21)26)14-8-9-16(13-6-4-3-5-7-13)23-17(14)18(24)22-11/h3-7,10,16,23H,8-9H2,1-2H3,(H2,21,26). The molecule has 0 radical (unpaired) electrons. The Labute approximate surface area is 156 Å². The summed E-state index contributed by atoms with van der Waals surface area (Å²) >= 11 is 0. The third-order valence-electron chi connectivity index (χ3n) is 5.11. The summed E-state index contributed by atoms with van der Waals surface area (Å²) < 4.78 is 6.50. The maximum Gasteiger partial charge on any atom is 0.412 e. The molecule has 0 fully saturated rings. The number of hydrogen-bond donors (Lipinski definition) is 2. The Balaban J connectivity index is 1.87. The summed E-state index contributed by atoms with van der Waals surface area (Å²) in [7, 11) is 0. The van der Waals surface area contributed by atoms with Gasteiger partial charge in [0.25, 0.3) is 0 Å². The molecular formula is C20H20N4O3. The van der Waals surface area contributed by atoms with Gasteiger partial charge in [0.2, 0.25) is 0 Å². The van der Waals surface area contributed by atoms with E-state index in [4.69, 9.17) is 5.73 Å². The predicted octanol–water partition coefficient (Wildman–Crippen LogP) is 3.29. The summed E-state index contributed by atoms with van der Waals surface area (Å²) in [6.07, 6.45) is 2.03. The predicted molar refractivity (Wildman–Crippen MR) is 101 cm³/mol. The molecule has 0 aliphatic carbocycles. The Morgan fingerprint density at radius 3 is 2.70 bits per heavy atom. The number of imidazole rings is 1. The number of benzene rings is 1. The molecule has 2 aromatic heterocycles. The number of aryl methyl sites for hydroxylation is 2. The summed E-state index contributed by atoms with van der Waals surface area (Å²) in [4.78, 5) is 28.2. The number of amides is 1. The molecule has 138 valence electrons. The fourth-order valence-electron chi connectivity index (χ4n) is 3.64. The highest BCUT2D eigenvalue weighted by molar-refractivity contribution is 5.99. The first-order chi connectivity index (χ1) is 13.0. The average molecular weight is 364 g/mol. The van der Waals surface area contributed by atoms with E-state index in [1.807, 2.05) is 36.4 Å². The summed E-state index contributed by atoms with van der Waals surface area (Å²) in [6.45, 7) is 3.86. The normalized spacial score (nSPS) is 15.9. The van der Waals surface area contributed by atoms with E-state index in [1.54, 1.807) is 6.20 Å². The van der Waals surface area contributed by atoms with Crippen molar-refractivity contribution in [3.63, 3.8) is 0 Å². The lowest BCUT2D eigenvalue weighted by Crippen LogP contribution is -2.24. The van der Waals surface area contributed by atoms with Crippen LogP contribution in [0.15, 0.2) is 36.5 Å². The minimum absolute atomic E-state index is 0.113. The monoisotopic (exact) mass is 364 g/mol. The van der Waals surface area contributed by atoms with Gasteiger partial charge in [0, 0.05) is 11.9 Å². The first kappa shape index (κ1) is 17.1. The minimum atomic E-state index is -1.11. The summed E-state index contributed by atoms with van der Waals surface area (Å²) in [5, 5.41) is 3.54. The number of primary amides is 1. The summed E-state index contributed by atoms with van der Waals surface area (Å²) in [6, 6.07) is 10.3. The Morgan fingerprint density at radius 2 is 2.00 bits per heavy atom. The van der Waals surface area contributed by atoms with Crippen LogP contribution in [-0.2, 0) is 11.2 Å². The van der Waals surface area contributed by atoms with Gasteiger partial charge in [0.1, 0.15) is 0 Å². The number of pyridine rings is 1. The molecule has 7 heteroatoms. The maximum atomic E-state index is 12.5. The number of nitrogens with one attached hydrogen (secondary N) is 1. The highest BCUT2D eigenvalue weighted by Gasteiger charge is 2.28. The first-order valence-electron chi connectivity index (χ1n) is 8.80. The van der Waals surface area contributed by atoms with E-state index in [0.717, 1.165) is 34.7 Å². The molecule has 3 heterocycles. The van der Waals surface area contributed by atoms with Crippen LogP contribution in [0.4, 0.5) is 10.5 Å². The van der Waals surface area contributed by atoms with Gasteiger partial charge < -0.3 is 20.2 Å². The Morgan fingerprint density at radius 1 is 1.26 bits per heavy atom. The molecule has 0 bridgehead atoms. The number of anilines is 1. The van der Waals surface area contributed by atoms with Crippen LogP contribution in [0, 0.1) is 13.8 Å². The van der Waals surface area contributed by atoms with Gasteiger partial charge in [-0.2, -0.15) is 0 Å². The van der Waals surface area contributed by atoms with E-state index in [2.05, 4.69) is 27.2 Å². The van der Waals surface area contributed by atoms with E-state index >= 15 is 0 Å². The van der Waals surface area contributed by atoms with Crippen molar-refractivity contribution >= 4 is 23.4 Å². The van der Waals surface area contributed by atoms with Crippen LogP contribution in [0.25, 0.3) is 5.65 Å². The van der Waals surface area contributed by atoms with Crippen LogP contribution in [0.3, 0.4) is 0 Å². The number of nitrogens with two attached hydrogens (primary N) is 1. The topological polar surface area (TPSA) is 98.7 Å². The van der Waals surface area contributed by atoms with Crippen molar-refractivity contribution in [3.8, 4) is 0 Å². The molecule has 1 aliphatic rings. The summed E-state index contributed by atoms with van der Waals surface area (Å²) in [5.74, 6) is -0.744. The zero-order valence-electron chi connectivity index (χ0n) is 15.2. The molecule has 1 atom stereocenters. The summed E-state index contributed by atoms with van der Waals surface area (Å²) in [5.41, 5.74) is 10.7. The number of aromatic nitrogens is 2. The lowest BCUT2D eigenvalue weighted by atomic mass is 9.91. The molecule has 7 nitrogen and oxygen atoms in total. The maximum absolute atomic E-state index is 12.5. The molecule has 27 heavy (non-hydrogen) atoms. The van der Waals surface area contributed by atoms with Crippen LogP contribution in [0.2, 0.25) is 0 Å². The molecule has 4 rings (SSSR count). The molecule has 0 spiro atoms. The zero-order chi connectivity index (χ0) is 19.1. The molecule has 1 aliphatic heterocycles. The molecule has 0 saturated carbocycles. The molecule has 1 unspecified atom stereocenters. The van der Waals surface area contributed by atoms with Crippen molar-refractivity contribution in [1.29, 1.82) is 0 Å². The highest BCUT2D eigenvalue weighted by Crippen LogP contribution is 2.37. The second kappa shape index (κ2) is 6.42. The number of esters is 1. The van der Waals surface area contributed by atoms with Crippen LogP contribution < -0.4 is 11.1 Å². The first-order valence-corrected chi connectivity index (χ1v) is 8.80. The van der Waals surface area contributed by atoms with Gasteiger partial charge in [-0.05, 0) is 37.8 Å². The van der Waals surface area contributed by atoms with Crippen molar-refractivity contribution in [3.05, 3.63) is 64.6 Å². The van der Waals surface area contributed by atoms with E-state index in [-0.39, 0.29) is 6.04 Å². The van der Waals surface area contributed by atoms with Crippen molar-refractivity contribution in [2.75, 3.05) is 5.32 Å². The lowest BCUT2D eigenvalue weighted by Gasteiger charge is -2.29. The fourth-order valence-corrected chi connectivity index (χ4v) is 3.64. The number of nitrogens with zero attached hydrogens (tertiary/aromatic N) is 2. The number of carbonyl (C=O) groups excluding carboxylic acids is 2. The quantitative estimate of drug-likeness (QED) is 0.537. The molecule has 0 saturated heterocycles. The Hall–Kier alpha value is -3.35. The molecule has 1 amide bonds. The van der Waals surface area contributed by atoms with Gasteiger partial charge in [-0.15, -0.1) is 0 Å². The number of rotatable bonds is 2. The van der Waals surface area contributed by atoms with Crippen LogP contribution in [0.5, 0.6) is 0 Å². The highest BCUT2D eigenvalue weighted by atomic mass is 16.6. The molecule has 3 N–H and O–H groups in total. The number of ether oxygens (including phenoxy) is 1. The minimum Gasteiger partial charge on any atom is -0.375 e. The largest absolute Gasteiger partial charge is 0.412 e. The van der Waals surface area contributed by atoms with E-state index in [1.165, 1.54) is 5.56 Å². The van der Waals surface area contributed by atoms with Gasteiger partial charge in [-0.1, -0.05) is 30.3 Å². The van der Waals surface area contributed by atoms with E-state index in [9.17, 15) is 9.59 Å². The van der Waals surface area contributed by atoms with Crippen molar-refractivity contribution in [2.45, 2.75) is 32.7 Å². The smallest absolute Gasteiger partial charge is 0.375 e. The van der Waals surface area contributed by atoms with Crippen LogP contribution in [0.1, 0.15) is 45.3 Å². The number of hydrogen-bond acceptors (Lipinski definition) is 5. The van der Waals surface area contributed by atoms with Crippen LogP contribution in [-0.4, -0.2) is 21.4 Å². The third kappa shape index (κ3) is 2.91. The second-order valence-corrected chi connectivity index (χ2v) is 6.73. The van der Waals surface area contributed by atoms with Gasteiger partial charge in [-0.3, -0.25) is 0 Å². The van der Waals surface area contributed by atoms with E-state index in [0.29, 0.717) is 12.0 Å². The van der Waals surface area contributed by atoms with E-state index < -0.39 is 12.1 Å². The fraction of sp³-hybridized carbons (Fsp3) is 0.250. The van der Waals surface area contributed by atoms with Gasteiger partial charge >= 0.3 is 12.1 Å². The van der Waals surface area contributed by atoms with Crippen molar-refractivity contribution in [1.82, 2.24) is 9.38 Å². The third-order valence-corrected chi connectivity index (χ3v) is 5.11. The zero-order valence-corrected chi connectivity index (χ0v) is 15.2. The van der Waals surface area contributed by atoms with Gasteiger partial charge in [0.15, 0.2) is 5.65 Å². The number of fused-ring (bicyclic) bond motifs is 3. The lowest BCUT2D eigenvalue weighted by molar-refractivity contribution is 0.0636. The van der Waals surface area contributed by atoms with Crippen LogP contribution >= 0.6 is 0 Å². The SMILES string of the molecule is Cc1nc2c3c(c(C(=O)OC(N)=O)cn2c1C)CCC(c1ccccc1)N3. The van der Waals surface area contributed by atoms with Gasteiger partial charge in [0.05, 0.1) is 23.0 Å². The molecule has 3 aromatic rings. The molecular weight excluding hydrogens is 344 g/mol. The second-order valence-electron chi connectivity index (χ2n) is 6.73. The molecule has 1 aromatic carbocycles. The Bertz CT molecular complexity index is 1060. The average Bonchev–Trinajstić information content (AvgIpc) is 2.95. The number of carbonyl (C=O) groups is 2.